The highest BCUT2D eigenvalue weighted by Gasteiger charge is 2.28. The summed E-state index contributed by atoms with van der Waals surface area (Å²) in [6, 6.07) is 9.19. The van der Waals surface area contributed by atoms with Crippen molar-refractivity contribution in [3.05, 3.63) is 47.7 Å². The van der Waals surface area contributed by atoms with Crippen molar-refractivity contribution in [2.45, 2.75) is 25.7 Å². The van der Waals surface area contributed by atoms with E-state index in [2.05, 4.69) is 20.4 Å². The zero-order valence-corrected chi connectivity index (χ0v) is 19.9. The molecular formula is C23H29N5O4S. The van der Waals surface area contributed by atoms with E-state index in [1.54, 1.807) is 19.2 Å². The molecule has 1 fully saturated rings. The van der Waals surface area contributed by atoms with E-state index in [0.29, 0.717) is 29.8 Å². The molecule has 2 N–H and O–H groups in total. The number of anilines is 2. The van der Waals surface area contributed by atoms with Gasteiger partial charge in [-0.15, -0.1) is 0 Å². The number of sulfonamides is 1. The van der Waals surface area contributed by atoms with Crippen molar-refractivity contribution in [1.82, 2.24) is 14.5 Å². The number of carbonyl (C=O) groups is 1. The first-order valence-corrected chi connectivity index (χ1v) is 12.4. The Morgan fingerprint density at radius 2 is 1.97 bits per heavy atom. The van der Waals surface area contributed by atoms with E-state index in [1.807, 2.05) is 38.1 Å². The number of aromatic nitrogens is 2. The van der Waals surface area contributed by atoms with Gasteiger partial charge >= 0.3 is 0 Å². The van der Waals surface area contributed by atoms with E-state index >= 15 is 0 Å². The fraction of sp³-hybridized carbons (Fsp3) is 0.391. The van der Waals surface area contributed by atoms with Crippen molar-refractivity contribution >= 4 is 38.2 Å². The van der Waals surface area contributed by atoms with Crippen molar-refractivity contribution in [1.29, 1.82) is 0 Å². The number of amides is 1. The first-order valence-electron chi connectivity index (χ1n) is 11.0. The van der Waals surface area contributed by atoms with Gasteiger partial charge in [0, 0.05) is 36.4 Å². The predicted octanol–water partition coefficient (Wildman–Crippen LogP) is 2.67. The average Bonchev–Trinajstić information content (AvgIpc) is 3.25. The Morgan fingerprint density at radius 3 is 2.67 bits per heavy atom. The van der Waals surface area contributed by atoms with Crippen molar-refractivity contribution < 1.29 is 17.9 Å². The van der Waals surface area contributed by atoms with E-state index in [9.17, 15) is 13.2 Å². The Labute approximate surface area is 193 Å². The molecule has 0 aliphatic carbocycles. The van der Waals surface area contributed by atoms with E-state index in [0.717, 1.165) is 29.9 Å². The first-order chi connectivity index (χ1) is 15.8. The number of ether oxygens (including phenoxy) is 1. The highest BCUT2D eigenvalue weighted by Crippen LogP contribution is 2.27. The average molecular weight is 472 g/mol. The molecule has 1 saturated heterocycles. The van der Waals surface area contributed by atoms with Gasteiger partial charge < -0.3 is 15.0 Å². The second-order valence-electron chi connectivity index (χ2n) is 8.18. The lowest BCUT2D eigenvalue weighted by atomic mass is 10.1. The van der Waals surface area contributed by atoms with Crippen LogP contribution in [0.4, 0.5) is 11.4 Å². The number of rotatable bonds is 7. The number of hydrogen-bond acceptors (Lipinski definition) is 6. The molecule has 176 valence electrons. The lowest BCUT2D eigenvalue weighted by Gasteiger charge is -2.30. The van der Waals surface area contributed by atoms with Gasteiger partial charge in [0.25, 0.3) is 0 Å². The molecule has 2 aromatic carbocycles. The van der Waals surface area contributed by atoms with Crippen molar-refractivity contribution in [2.75, 3.05) is 49.6 Å². The smallest absolute Gasteiger partial charge is 0.245 e. The van der Waals surface area contributed by atoms with E-state index < -0.39 is 15.9 Å². The Balaban J connectivity index is 1.50. The molecule has 1 aliphatic heterocycles. The number of aromatic amines is 1. The van der Waals surface area contributed by atoms with Gasteiger partial charge in [-0.25, -0.2) is 8.42 Å². The zero-order chi connectivity index (χ0) is 23.6. The van der Waals surface area contributed by atoms with Crippen LogP contribution in [-0.4, -0.2) is 68.2 Å². The summed E-state index contributed by atoms with van der Waals surface area (Å²) >= 11 is 0. The minimum atomic E-state index is -3.90. The van der Waals surface area contributed by atoms with Crippen molar-refractivity contribution in [3.63, 3.8) is 0 Å². The normalized spacial score (nSPS) is 14.7. The molecule has 0 radical (unpaired) electrons. The van der Waals surface area contributed by atoms with Crippen LogP contribution in [0.5, 0.6) is 0 Å². The van der Waals surface area contributed by atoms with E-state index in [4.69, 9.17) is 4.74 Å². The Morgan fingerprint density at radius 1 is 1.21 bits per heavy atom. The molecule has 1 aromatic heterocycles. The van der Waals surface area contributed by atoms with Crippen LogP contribution in [0.3, 0.4) is 0 Å². The zero-order valence-electron chi connectivity index (χ0n) is 19.1. The lowest BCUT2D eigenvalue weighted by molar-refractivity contribution is -0.116. The number of morpholine rings is 1. The molecule has 0 saturated carbocycles. The highest BCUT2D eigenvalue weighted by molar-refractivity contribution is 7.89. The Hall–Kier alpha value is -2.95. The van der Waals surface area contributed by atoms with Gasteiger partial charge in [0.05, 0.1) is 31.5 Å². The van der Waals surface area contributed by atoms with Gasteiger partial charge in [-0.3, -0.25) is 9.89 Å². The fourth-order valence-corrected chi connectivity index (χ4v) is 5.79. The highest BCUT2D eigenvalue weighted by atomic mass is 32.2. The van der Waals surface area contributed by atoms with E-state index in [1.165, 1.54) is 4.31 Å². The third-order valence-corrected chi connectivity index (χ3v) is 7.72. The molecule has 0 atom stereocenters. The van der Waals surface area contributed by atoms with Gasteiger partial charge in [0.2, 0.25) is 15.9 Å². The van der Waals surface area contributed by atoms with Crippen LogP contribution in [0.25, 0.3) is 10.9 Å². The summed E-state index contributed by atoms with van der Waals surface area (Å²) in [6.45, 7) is 8.48. The second-order valence-corrected chi connectivity index (χ2v) is 10.1. The Kier molecular flexibility index (Phi) is 6.68. The SMILES string of the molecule is CCN(CC(=O)Nc1ccc(N2CCOCC2)c(C)c1)S(=O)(=O)c1cc(C)cc2cn[nH]c12. The number of likely N-dealkylation sites (N-methyl/N-ethyl adjacent to an activating group) is 1. The summed E-state index contributed by atoms with van der Waals surface area (Å²) in [5, 5.41) is 10.3. The van der Waals surface area contributed by atoms with Gasteiger partial charge in [-0.05, 0) is 55.3 Å². The number of benzene rings is 2. The largest absolute Gasteiger partial charge is 0.378 e. The van der Waals surface area contributed by atoms with Crippen LogP contribution in [-0.2, 0) is 19.6 Å². The molecule has 0 unspecified atom stereocenters. The molecular weight excluding hydrogens is 442 g/mol. The quantitative estimate of drug-likeness (QED) is 0.549. The van der Waals surface area contributed by atoms with Crippen LogP contribution >= 0.6 is 0 Å². The third kappa shape index (κ3) is 4.87. The van der Waals surface area contributed by atoms with Gasteiger partial charge in [0.15, 0.2) is 0 Å². The number of nitrogens with zero attached hydrogens (tertiary/aromatic N) is 3. The van der Waals surface area contributed by atoms with E-state index in [-0.39, 0.29) is 18.0 Å². The second kappa shape index (κ2) is 9.50. The summed E-state index contributed by atoms with van der Waals surface area (Å²) in [5.74, 6) is -0.396. The van der Waals surface area contributed by atoms with Crippen LogP contribution in [0.1, 0.15) is 18.1 Å². The molecule has 0 bridgehead atoms. The number of hydrogen-bond donors (Lipinski definition) is 2. The summed E-state index contributed by atoms with van der Waals surface area (Å²) in [7, 11) is -3.90. The van der Waals surface area contributed by atoms with Crippen LogP contribution in [0, 0.1) is 13.8 Å². The van der Waals surface area contributed by atoms with Crippen LogP contribution < -0.4 is 10.2 Å². The minimum absolute atomic E-state index is 0.121. The van der Waals surface area contributed by atoms with Gasteiger partial charge in [-0.2, -0.15) is 9.40 Å². The summed E-state index contributed by atoms with van der Waals surface area (Å²) in [5.41, 5.74) is 4.02. The van der Waals surface area contributed by atoms with Crippen LogP contribution in [0.15, 0.2) is 41.4 Å². The first kappa shape index (κ1) is 23.2. The lowest BCUT2D eigenvalue weighted by Crippen LogP contribution is -2.38. The molecule has 3 aromatic rings. The number of aryl methyl sites for hydroxylation is 2. The topological polar surface area (TPSA) is 108 Å². The maximum Gasteiger partial charge on any atom is 0.245 e. The minimum Gasteiger partial charge on any atom is -0.378 e. The standard InChI is InChI=1S/C23H29N5O4S/c1-4-28(33(30,31)21-12-16(2)11-18-14-24-26-23(18)21)15-22(29)25-19-5-6-20(17(3)13-19)27-7-9-32-10-8-27/h5-6,11-14H,4,7-10,15H2,1-3H3,(H,24,26)(H,25,29). The number of nitrogens with one attached hydrogen (secondary N) is 2. The molecule has 2 heterocycles. The molecule has 9 nitrogen and oxygen atoms in total. The van der Waals surface area contributed by atoms with Crippen molar-refractivity contribution in [2.24, 2.45) is 0 Å². The molecule has 33 heavy (non-hydrogen) atoms. The summed E-state index contributed by atoms with van der Waals surface area (Å²) in [6.07, 6.45) is 1.59. The maximum atomic E-state index is 13.4. The molecule has 10 heteroatoms. The maximum absolute atomic E-state index is 13.4. The van der Waals surface area contributed by atoms with Gasteiger partial charge in [-0.1, -0.05) is 6.92 Å². The van der Waals surface area contributed by atoms with Crippen molar-refractivity contribution in [3.8, 4) is 0 Å². The third-order valence-electron chi connectivity index (χ3n) is 5.78. The Bertz CT molecular complexity index is 1270. The molecule has 1 aliphatic rings. The van der Waals surface area contributed by atoms with Gasteiger partial charge in [0.1, 0.15) is 4.90 Å². The number of carbonyl (C=O) groups excluding carboxylic acids is 1. The molecule has 0 spiro atoms. The summed E-state index contributed by atoms with van der Waals surface area (Å²) < 4.78 is 33.3. The molecule has 1 amide bonds. The number of H-pyrrole nitrogens is 1. The fourth-order valence-electron chi connectivity index (χ4n) is 4.13. The number of fused-ring (bicyclic) bond motifs is 1. The van der Waals surface area contributed by atoms with Crippen LogP contribution in [0.2, 0.25) is 0 Å². The predicted molar refractivity (Wildman–Crippen MR) is 128 cm³/mol. The molecule has 4 rings (SSSR count). The monoisotopic (exact) mass is 471 g/mol. The summed E-state index contributed by atoms with van der Waals surface area (Å²) in [4.78, 5) is 15.2.